The van der Waals surface area contributed by atoms with Crippen molar-refractivity contribution in [3.8, 4) is 6.07 Å². The third-order valence-electron chi connectivity index (χ3n) is 4.03. The van der Waals surface area contributed by atoms with Gasteiger partial charge in [-0.2, -0.15) is 5.26 Å². The molecule has 0 spiro atoms. The van der Waals surface area contributed by atoms with Crippen molar-refractivity contribution in [1.82, 2.24) is 5.32 Å². The van der Waals surface area contributed by atoms with Gasteiger partial charge in [-0.1, -0.05) is 30.3 Å². The third-order valence-corrected chi connectivity index (χ3v) is 4.03. The number of hydrogen-bond acceptors (Lipinski definition) is 2. The van der Waals surface area contributed by atoms with Crippen molar-refractivity contribution >= 4 is 5.91 Å². The molecular formula is C16H22N3O+. The van der Waals surface area contributed by atoms with E-state index in [1.165, 1.54) is 5.56 Å². The van der Waals surface area contributed by atoms with E-state index in [4.69, 9.17) is 0 Å². The summed E-state index contributed by atoms with van der Waals surface area (Å²) in [4.78, 5) is 12.0. The van der Waals surface area contributed by atoms with Gasteiger partial charge in [-0.05, 0) is 32.6 Å². The first-order valence-corrected chi connectivity index (χ1v) is 7.26. The second kappa shape index (κ2) is 6.53. The van der Waals surface area contributed by atoms with Crippen LogP contribution < -0.4 is 10.6 Å². The maximum Gasteiger partial charge on any atom is 0.276 e. The number of carbonyl (C=O) groups excluding carboxylic acids is 1. The number of nitriles is 1. The van der Waals surface area contributed by atoms with Gasteiger partial charge < -0.3 is 10.6 Å². The second-order valence-electron chi connectivity index (χ2n) is 5.59. The summed E-state index contributed by atoms with van der Waals surface area (Å²) in [5, 5.41) is 14.2. The van der Waals surface area contributed by atoms with E-state index in [0.717, 1.165) is 25.7 Å². The molecule has 0 unspecified atom stereocenters. The number of amides is 1. The van der Waals surface area contributed by atoms with E-state index in [-0.39, 0.29) is 11.9 Å². The molecule has 4 nitrogen and oxygen atoms in total. The molecule has 0 saturated heterocycles. The highest BCUT2D eigenvalue weighted by Crippen LogP contribution is 2.28. The normalized spacial score (nSPS) is 18.2. The van der Waals surface area contributed by atoms with Crippen LogP contribution in [0.5, 0.6) is 0 Å². The smallest absolute Gasteiger partial charge is 0.276 e. The summed E-state index contributed by atoms with van der Waals surface area (Å²) >= 11 is 0. The summed E-state index contributed by atoms with van der Waals surface area (Å²) in [6, 6.07) is 12.6. The zero-order valence-corrected chi connectivity index (χ0v) is 11.9. The minimum absolute atomic E-state index is 0.0452. The summed E-state index contributed by atoms with van der Waals surface area (Å²) in [6.07, 6.45) is 3.61. The van der Waals surface area contributed by atoms with Gasteiger partial charge in [-0.3, -0.25) is 4.79 Å². The van der Waals surface area contributed by atoms with Crippen LogP contribution in [0.2, 0.25) is 0 Å². The van der Waals surface area contributed by atoms with Crippen LogP contribution in [0.4, 0.5) is 0 Å². The van der Waals surface area contributed by atoms with E-state index >= 15 is 0 Å². The molecule has 1 aliphatic rings. The molecule has 0 aromatic heterocycles. The highest BCUT2D eigenvalue weighted by Gasteiger charge is 2.35. The molecule has 0 bridgehead atoms. The summed E-state index contributed by atoms with van der Waals surface area (Å²) in [7, 11) is 0. The van der Waals surface area contributed by atoms with Gasteiger partial charge in [0.1, 0.15) is 11.6 Å². The highest BCUT2D eigenvalue weighted by atomic mass is 16.2. The first-order chi connectivity index (χ1) is 9.65. The van der Waals surface area contributed by atoms with Crippen LogP contribution in [-0.4, -0.2) is 18.0 Å². The molecule has 1 aromatic rings. The van der Waals surface area contributed by atoms with Crippen molar-refractivity contribution in [3.63, 3.8) is 0 Å². The molecule has 0 aliphatic heterocycles. The Balaban J connectivity index is 1.82. The Morgan fingerprint density at radius 1 is 1.40 bits per heavy atom. The number of rotatable bonds is 5. The van der Waals surface area contributed by atoms with Crippen LogP contribution >= 0.6 is 0 Å². The Labute approximate surface area is 120 Å². The quantitative estimate of drug-likeness (QED) is 0.847. The number of nitrogens with one attached hydrogen (secondary N) is 1. The van der Waals surface area contributed by atoms with Crippen LogP contribution in [0.3, 0.4) is 0 Å². The maximum atomic E-state index is 12.0. The third kappa shape index (κ3) is 3.58. The van der Waals surface area contributed by atoms with Crippen molar-refractivity contribution in [1.29, 1.82) is 5.26 Å². The van der Waals surface area contributed by atoms with Crippen molar-refractivity contribution < 1.29 is 10.1 Å². The van der Waals surface area contributed by atoms with Gasteiger partial charge in [-0.15, -0.1) is 0 Å². The van der Waals surface area contributed by atoms with Crippen LogP contribution in [0.1, 0.15) is 44.2 Å². The SMILES string of the molecule is C[C@H]([NH2+]CC(=O)NC1(C#N)CCCC1)c1ccccc1. The van der Waals surface area contributed by atoms with Crippen LogP contribution in [0.15, 0.2) is 30.3 Å². The lowest BCUT2D eigenvalue weighted by molar-refractivity contribution is -0.682. The Morgan fingerprint density at radius 2 is 2.05 bits per heavy atom. The Morgan fingerprint density at radius 3 is 2.65 bits per heavy atom. The van der Waals surface area contributed by atoms with Crippen molar-refractivity contribution in [3.05, 3.63) is 35.9 Å². The molecule has 1 aliphatic carbocycles. The molecule has 0 heterocycles. The number of quaternary nitrogens is 1. The van der Waals surface area contributed by atoms with Crippen LogP contribution in [-0.2, 0) is 4.79 Å². The number of hydrogen-bond donors (Lipinski definition) is 2. The average Bonchev–Trinajstić information content (AvgIpc) is 2.95. The van der Waals surface area contributed by atoms with Crippen molar-refractivity contribution in [2.45, 2.75) is 44.2 Å². The zero-order valence-electron chi connectivity index (χ0n) is 11.9. The fourth-order valence-corrected chi connectivity index (χ4v) is 2.74. The van der Waals surface area contributed by atoms with Crippen molar-refractivity contribution in [2.24, 2.45) is 0 Å². The van der Waals surface area contributed by atoms with Gasteiger partial charge in [0.05, 0.1) is 6.07 Å². The molecule has 106 valence electrons. The molecule has 1 saturated carbocycles. The van der Waals surface area contributed by atoms with Gasteiger partial charge in [0.15, 0.2) is 6.54 Å². The minimum atomic E-state index is -0.610. The summed E-state index contributed by atoms with van der Waals surface area (Å²) < 4.78 is 0. The van der Waals surface area contributed by atoms with Crippen LogP contribution in [0.25, 0.3) is 0 Å². The van der Waals surface area contributed by atoms with Gasteiger partial charge in [0.2, 0.25) is 0 Å². The first kappa shape index (κ1) is 14.5. The standard InChI is InChI=1S/C16H21N3O/c1-13(14-7-3-2-4-8-14)18-11-15(20)19-16(12-17)9-5-6-10-16/h2-4,7-8,13,18H,5-6,9-11H2,1H3,(H,19,20)/p+1/t13-/m0/s1. The molecule has 20 heavy (non-hydrogen) atoms. The number of benzene rings is 1. The molecule has 4 heteroatoms. The fraction of sp³-hybridized carbons (Fsp3) is 0.500. The second-order valence-corrected chi connectivity index (χ2v) is 5.59. The average molecular weight is 272 g/mol. The zero-order chi connectivity index (χ0) is 14.4. The predicted molar refractivity (Wildman–Crippen MR) is 76.6 cm³/mol. The van der Waals surface area contributed by atoms with Crippen molar-refractivity contribution in [2.75, 3.05) is 6.54 Å². The van der Waals surface area contributed by atoms with Gasteiger partial charge in [0.25, 0.3) is 5.91 Å². The first-order valence-electron chi connectivity index (χ1n) is 7.26. The van der Waals surface area contributed by atoms with Gasteiger partial charge in [-0.25, -0.2) is 0 Å². The number of nitrogens with zero attached hydrogens (tertiary/aromatic N) is 1. The Hall–Kier alpha value is -1.86. The van der Waals surface area contributed by atoms with Crippen LogP contribution in [0, 0.1) is 11.3 Å². The summed E-state index contributed by atoms with van der Waals surface area (Å²) in [6.45, 7) is 2.44. The van der Waals surface area contributed by atoms with E-state index in [9.17, 15) is 10.1 Å². The molecule has 1 aromatic carbocycles. The molecule has 2 rings (SSSR count). The molecule has 0 radical (unpaired) electrons. The summed E-state index contributed by atoms with van der Waals surface area (Å²) in [5.74, 6) is -0.0452. The predicted octanol–water partition coefficient (Wildman–Crippen LogP) is 1.26. The van der Waals surface area contributed by atoms with E-state index < -0.39 is 5.54 Å². The number of carbonyl (C=O) groups is 1. The Kier molecular flexibility index (Phi) is 4.75. The largest absolute Gasteiger partial charge is 0.333 e. The van der Waals surface area contributed by atoms with Gasteiger partial charge >= 0.3 is 0 Å². The van der Waals surface area contributed by atoms with Gasteiger partial charge in [0, 0.05) is 5.56 Å². The molecule has 1 atom stereocenters. The topological polar surface area (TPSA) is 69.5 Å². The lowest BCUT2D eigenvalue weighted by atomic mass is 10.00. The summed E-state index contributed by atoms with van der Waals surface area (Å²) in [5.41, 5.74) is 0.595. The Bertz CT molecular complexity index is 486. The maximum absolute atomic E-state index is 12.0. The highest BCUT2D eigenvalue weighted by molar-refractivity contribution is 5.78. The molecule has 3 N–H and O–H groups in total. The molecular weight excluding hydrogens is 250 g/mol. The molecule has 1 fully saturated rings. The molecule has 1 amide bonds. The minimum Gasteiger partial charge on any atom is -0.333 e. The van der Waals surface area contributed by atoms with E-state index in [1.54, 1.807) is 0 Å². The lowest BCUT2D eigenvalue weighted by Gasteiger charge is -2.21. The lowest BCUT2D eigenvalue weighted by Crippen LogP contribution is -2.87. The van der Waals surface area contributed by atoms with E-state index in [1.807, 2.05) is 23.5 Å². The fourth-order valence-electron chi connectivity index (χ4n) is 2.74. The van der Waals surface area contributed by atoms with E-state index in [2.05, 4.69) is 30.4 Å². The number of nitrogens with two attached hydrogens (primary N) is 1. The monoisotopic (exact) mass is 272 g/mol. The van der Waals surface area contributed by atoms with E-state index in [0.29, 0.717) is 6.54 Å².